The summed E-state index contributed by atoms with van der Waals surface area (Å²) < 4.78 is 55.7. The fourth-order valence-electron chi connectivity index (χ4n) is 7.09. The Morgan fingerprint density at radius 3 is 1.52 bits per heavy atom. The summed E-state index contributed by atoms with van der Waals surface area (Å²) in [5.41, 5.74) is 21.7. The van der Waals surface area contributed by atoms with Crippen molar-refractivity contribution < 1.29 is 70.9 Å². The molecule has 8 aromatic rings. The van der Waals surface area contributed by atoms with Crippen LogP contribution in [0.15, 0.2) is 143 Å². The number of halogens is 2. The zero-order valence-electron chi connectivity index (χ0n) is 35.3. The number of fused-ring (bicyclic) bond motifs is 2. The number of ether oxygens (including phenoxy) is 3. The van der Waals surface area contributed by atoms with E-state index in [-0.39, 0.29) is 68.7 Å². The van der Waals surface area contributed by atoms with Crippen molar-refractivity contribution in [3.63, 3.8) is 0 Å². The monoisotopic (exact) mass is 862 g/mol. The standard InChI is InChI=1S/C26H24FNO4.C24H20FNO4.Li.H2O/c1-2-30-25(29)13-20-6-7-22(27)14-24(20)32-16-18-11-21-8-9-31-26(21)23(12-18)19-5-3-4-17(10-19)15-28;25-20-5-4-18(11-23(27)28)22(12-20)30-14-16-9-19-6-7-29-24(19)21(10-16)17-3-1-2-15(8-17)13-26;;/h3-12,14H,2,13,15-16,28H2,1H3;1-10,12H,11,13-14,26H2,(H,27,28);;1H2/q;;+1;/p-1. The van der Waals surface area contributed by atoms with Crippen LogP contribution in [0.25, 0.3) is 44.2 Å². The molecule has 6 N–H and O–H groups in total. The number of carboxylic acid groups (broad SMARTS) is 1. The van der Waals surface area contributed by atoms with Crippen molar-refractivity contribution in [1.82, 2.24) is 0 Å². The number of rotatable bonds is 15. The molecule has 324 valence electrons. The number of esters is 1. The molecule has 6 aromatic carbocycles. The maximum atomic E-state index is 13.9. The number of hydrogen-bond acceptors (Lipinski definition) is 10. The van der Waals surface area contributed by atoms with E-state index >= 15 is 0 Å². The third kappa shape index (κ3) is 12.0. The summed E-state index contributed by atoms with van der Waals surface area (Å²) in [4.78, 5) is 23.0. The molecule has 0 fully saturated rings. The molecule has 8 rings (SSSR count). The predicted molar refractivity (Wildman–Crippen MR) is 234 cm³/mol. The molecular weight excluding hydrogens is 817 g/mol. The predicted octanol–water partition coefficient (Wildman–Crippen LogP) is 7.11. The first-order valence-corrected chi connectivity index (χ1v) is 19.9. The summed E-state index contributed by atoms with van der Waals surface area (Å²) in [5.74, 6) is -1.77. The van der Waals surface area contributed by atoms with Crippen molar-refractivity contribution in [3.05, 3.63) is 179 Å². The van der Waals surface area contributed by atoms with Crippen LogP contribution in [-0.4, -0.2) is 29.1 Å². The van der Waals surface area contributed by atoms with E-state index in [2.05, 4.69) is 0 Å². The van der Waals surface area contributed by atoms with Crippen LogP contribution in [0, 0.1) is 11.6 Å². The van der Waals surface area contributed by atoms with Crippen molar-refractivity contribution in [3.8, 4) is 33.8 Å². The molecule has 0 aliphatic rings. The van der Waals surface area contributed by atoms with Crippen LogP contribution in [0.5, 0.6) is 11.5 Å². The second kappa shape index (κ2) is 22.6. The second-order valence-corrected chi connectivity index (χ2v) is 14.4. The van der Waals surface area contributed by atoms with E-state index in [0.717, 1.165) is 66.4 Å². The van der Waals surface area contributed by atoms with Crippen LogP contribution in [0.4, 0.5) is 8.78 Å². The van der Waals surface area contributed by atoms with Crippen LogP contribution in [0.1, 0.15) is 40.3 Å². The number of carbonyl (C=O) groups is 2. The van der Waals surface area contributed by atoms with E-state index in [1.807, 2.05) is 84.9 Å². The molecule has 2 heterocycles. The first kappa shape index (κ1) is 48.3. The Kier molecular flexibility index (Phi) is 17.0. The summed E-state index contributed by atoms with van der Waals surface area (Å²) in [6, 6.07) is 35.5. The van der Waals surface area contributed by atoms with Crippen molar-refractivity contribution in [1.29, 1.82) is 0 Å². The number of carbonyl (C=O) groups excluding carboxylic acids is 1. The Morgan fingerprint density at radius 1 is 0.609 bits per heavy atom. The molecule has 0 aliphatic carbocycles. The van der Waals surface area contributed by atoms with Gasteiger partial charge in [0.25, 0.3) is 0 Å². The van der Waals surface area contributed by atoms with Crippen molar-refractivity contribution >= 4 is 33.9 Å². The van der Waals surface area contributed by atoms with Gasteiger partial charge in [0.1, 0.15) is 47.5 Å². The first-order valence-electron chi connectivity index (χ1n) is 19.9. The van der Waals surface area contributed by atoms with E-state index in [1.165, 1.54) is 30.3 Å². The molecule has 0 saturated heterocycles. The van der Waals surface area contributed by atoms with E-state index < -0.39 is 17.6 Å². The van der Waals surface area contributed by atoms with Gasteiger partial charge in [-0.2, -0.15) is 0 Å². The van der Waals surface area contributed by atoms with Gasteiger partial charge in [0.05, 0.1) is 32.0 Å². The Hall–Kier alpha value is -6.72. The molecule has 0 atom stereocenters. The molecule has 64 heavy (non-hydrogen) atoms. The van der Waals surface area contributed by atoms with Gasteiger partial charge >= 0.3 is 30.8 Å². The molecule has 0 unspecified atom stereocenters. The number of hydrogen-bond donors (Lipinski definition) is 3. The number of benzene rings is 6. The second-order valence-electron chi connectivity index (χ2n) is 14.4. The fraction of sp³-hybridized carbons (Fsp3) is 0.160. The van der Waals surface area contributed by atoms with Crippen LogP contribution < -0.4 is 39.8 Å². The smallest absolute Gasteiger partial charge is 0.870 e. The Balaban J connectivity index is 0.000000234. The SMILES string of the molecule is CCOC(=O)Cc1ccc(F)cc1OCc1cc(-c2cccc(CN)c2)c2occc2c1.NCc1cccc(-c2cc(COc3cc(F)ccc3CC(=O)O)cc3ccoc23)c1.[Li+].[OH-]. The zero-order chi connectivity index (χ0) is 43.6. The molecule has 0 spiro atoms. The largest absolute Gasteiger partial charge is 1.00 e. The van der Waals surface area contributed by atoms with Gasteiger partial charge in [-0.25, -0.2) is 8.78 Å². The summed E-state index contributed by atoms with van der Waals surface area (Å²) in [7, 11) is 0. The van der Waals surface area contributed by atoms with Gasteiger partial charge in [-0.15, -0.1) is 0 Å². The van der Waals surface area contributed by atoms with Crippen LogP contribution in [0.3, 0.4) is 0 Å². The normalized spacial score (nSPS) is 10.6. The van der Waals surface area contributed by atoms with Crippen molar-refractivity contribution in [2.75, 3.05) is 6.61 Å². The quantitative estimate of drug-likeness (QED) is 0.0703. The van der Waals surface area contributed by atoms with Crippen LogP contribution in [-0.2, 0) is 53.5 Å². The zero-order valence-corrected chi connectivity index (χ0v) is 35.3. The van der Waals surface area contributed by atoms with Crippen LogP contribution in [0.2, 0.25) is 0 Å². The molecular formula is C50H45F2LiN2O9. The van der Waals surface area contributed by atoms with Gasteiger partial charge in [0, 0.05) is 58.2 Å². The fourth-order valence-corrected chi connectivity index (χ4v) is 7.09. The third-order valence-corrected chi connectivity index (χ3v) is 10.00. The van der Waals surface area contributed by atoms with Crippen LogP contribution >= 0.6 is 0 Å². The molecule has 0 saturated carbocycles. The molecule has 0 bridgehead atoms. The van der Waals surface area contributed by atoms with Gasteiger partial charge in [0.2, 0.25) is 0 Å². The van der Waals surface area contributed by atoms with Gasteiger partial charge in [-0.3, -0.25) is 9.59 Å². The maximum Gasteiger partial charge on any atom is 1.00 e. The topological polar surface area (TPSA) is 190 Å². The van der Waals surface area contributed by atoms with Crippen molar-refractivity contribution in [2.45, 2.75) is 46.1 Å². The van der Waals surface area contributed by atoms with Gasteiger partial charge in [-0.05, 0) is 101 Å². The molecule has 2 aromatic heterocycles. The Morgan fingerprint density at radius 2 is 1.08 bits per heavy atom. The van der Waals surface area contributed by atoms with Crippen molar-refractivity contribution in [2.24, 2.45) is 11.5 Å². The minimum Gasteiger partial charge on any atom is -0.870 e. The molecule has 14 heteroatoms. The molecule has 0 radical (unpaired) electrons. The number of aliphatic carboxylic acids is 1. The first-order chi connectivity index (χ1) is 30.1. The molecule has 11 nitrogen and oxygen atoms in total. The van der Waals surface area contributed by atoms with E-state index in [9.17, 15) is 18.4 Å². The van der Waals surface area contributed by atoms with E-state index in [1.54, 1.807) is 25.5 Å². The third-order valence-electron chi connectivity index (χ3n) is 10.00. The number of furan rings is 2. The number of nitrogens with two attached hydrogens (primary N) is 2. The Labute approximate surface area is 380 Å². The van der Waals surface area contributed by atoms with E-state index in [4.69, 9.17) is 39.6 Å². The van der Waals surface area contributed by atoms with Gasteiger partial charge in [0.15, 0.2) is 0 Å². The summed E-state index contributed by atoms with van der Waals surface area (Å²) in [5, 5.41) is 10.9. The summed E-state index contributed by atoms with van der Waals surface area (Å²) >= 11 is 0. The minimum atomic E-state index is -1.01. The maximum absolute atomic E-state index is 13.9. The Bertz CT molecular complexity index is 2860. The van der Waals surface area contributed by atoms with Gasteiger partial charge in [-0.1, -0.05) is 48.5 Å². The number of carboxylic acids is 1. The van der Waals surface area contributed by atoms with Gasteiger partial charge < -0.3 is 45.1 Å². The molecule has 0 amide bonds. The average molecular weight is 863 g/mol. The average Bonchev–Trinajstić information content (AvgIpc) is 3.96. The van der Waals surface area contributed by atoms with E-state index in [0.29, 0.717) is 30.0 Å². The minimum absolute atomic E-state index is 0. The summed E-state index contributed by atoms with van der Waals surface area (Å²) in [6.45, 7) is 3.26. The molecule has 0 aliphatic heterocycles. The summed E-state index contributed by atoms with van der Waals surface area (Å²) in [6.07, 6.45) is 3.05.